The van der Waals surface area contributed by atoms with Gasteiger partial charge < -0.3 is 0 Å². The van der Waals surface area contributed by atoms with E-state index in [4.69, 9.17) is 15.8 Å². The quantitative estimate of drug-likeness (QED) is 0.532. The molecule has 0 aromatic rings. The summed E-state index contributed by atoms with van der Waals surface area (Å²) in [5.74, 6) is -0.0239. The molecule has 2 atom stereocenters. The molecule has 1 aliphatic rings. The second-order valence-corrected chi connectivity index (χ2v) is 4.16. The second kappa shape index (κ2) is 6.83. The lowest BCUT2D eigenvalue weighted by atomic mass is 9.95. The van der Waals surface area contributed by atoms with Gasteiger partial charge in [-0.3, -0.25) is 4.90 Å². The molecule has 0 aromatic heterocycles. The molecule has 0 radical (unpaired) electrons. The monoisotopic (exact) mass is 216 g/mol. The Kier molecular flexibility index (Phi) is 5.34. The summed E-state index contributed by atoms with van der Waals surface area (Å²) in [5, 5.41) is 26.6. The van der Waals surface area contributed by atoms with E-state index in [0.717, 1.165) is 32.1 Å². The highest BCUT2D eigenvalue weighted by atomic mass is 15.2. The molecule has 1 saturated carbocycles. The zero-order valence-corrected chi connectivity index (χ0v) is 9.39. The van der Waals surface area contributed by atoms with Crippen molar-refractivity contribution >= 4 is 0 Å². The van der Waals surface area contributed by atoms with Crippen molar-refractivity contribution < 1.29 is 0 Å². The van der Waals surface area contributed by atoms with Crippen LogP contribution in [0.25, 0.3) is 0 Å². The first-order chi connectivity index (χ1) is 7.83. The predicted octanol–water partition coefficient (Wildman–Crippen LogP) is 1.81. The maximum atomic E-state index is 9.13. The lowest BCUT2D eigenvalue weighted by Crippen LogP contribution is -2.40. The smallest absolute Gasteiger partial charge is 0.0877 e. The van der Waals surface area contributed by atoms with E-state index in [0.29, 0.717) is 0 Å². The van der Waals surface area contributed by atoms with Gasteiger partial charge in [0.2, 0.25) is 0 Å². The Balaban J connectivity index is 2.74. The number of rotatable bonds is 3. The van der Waals surface area contributed by atoms with Crippen LogP contribution in [0, 0.1) is 39.9 Å². The molecule has 1 aliphatic carbocycles. The summed E-state index contributed by atoms with van der Waals surface area (Å²) in [6.45, 7) is 0.493. The van der Waals surface area contributed by atoms with E-state index >= 15 is 0 Å². The van der Waals surface area contributed by atoms with Crippen LogP contribution in [0.15, 0.2) is 0 Å². The molecule has 0 aliphatic heterocycles. The number of nitrogens with zero attached hydrogens (tertiary/aromatic N) is 4. The minimum atomic E-state index is -0.0239. The van der Waals surface area contributed by atoms with Gasteiger partial charge in [0.25, 0.3) is 0 Å². The molecule has 0 amide bonds. The molecule has 1 fully saturated rings. The molecular weight excluding hydrogens is 200 g/mol. The molecule has 4 heteroatoms. The van der Waals surface area contributed by atoms with E-state index in [1.807, 2.05) is 4.90 Å². The van der Waals surface area contributed by atoms with Gasteiger partial charge in [-0.15, -0.1) is 0 Å². The fourth-order valence-electron chi connectivity index (χ4n) is 2.35. The van der Waals surface area contributed by atoms with Crippen molar-refractivity contribution in [1.82, 2.24) is 4.90 Å². The molecule has 0 spiro atoms. The molecule has 0 saturated heterocycles. The highest BCUT2D eigenvalue weighted by molar-refractivity contribution is 4.98. The fourth-order valence-corrected chi connectivity index (χ4v) is 2.35. The van der Waals surface area contributed by atoms with Gasteiger partial charge in [-0.05, 0) is 12.8 Å². The summed E-state index contributed by atoms with van der Waals surface area (Å²) in [4.78, 5) is 1.85. The third kappa shape index (κ3) is 3.23. The predicted molar refractivity (Wildman–Crippen MR) is 58.8 cm³/mol. The molecule has 84 valence electrons. The van der Waals surface area contributed by atoms with Crippen LogP contribution in [0.3, 0.4) is 0 Å². The Labute approximate surface area is 96.7 Å². The summed E-state index contributed by atoms with van der Waals surface area (Å²) >= 11 is 0. The molecule has 1 rings (SSSR count). The van der Waals surface area contributed by atoms with Crippen molar-refractivity contribution in [2.24, 2.45) is 5.92 Å². The topological polar surface area (TPSA) is 74.6 Å². The first-order valence-corrected chi connectivity index (χ1v) is 5.71. The van der Waals surface area contributed by atoms with Crippen molar-refractivity contribution in [3.63, 3.8) is 0 Å². The van der Waals surface area contributed by atoms with Gasteiger partial charge in [0, 0.05) is 6.04 Å². The highest BCUT2D eigenvalue weighted by Crippen LogP contribution is 2.26. The molecular formula is C12H16N4. The van der Waals surface area contributed by atoms with Crippen LogP contribution in [0.2, 0.25) is 0 Å². The SMILES string of the molecule is N#CCN(CC#N)C1CCCCCC1C#N. The van der Waals surface area contributed by atoms with Gasteiger partial charge in [-0.1, -0.05) is 19.3 Å². The minimum absolute atomic E-state index is 0.0239. The van der Waals surface area contributed by atoms with E-state index in [-0.39, 0.29) is 25.0 Å². The summed E-state index contributed by atoms with van der Waals surface area (Å²) in [6.07, 6.45) is 5.16. The lowest BCUT2D eigenvalue weighted by molar-refractivity contribution is 0.192. The molecule has 0 bridgehead atoms. The van der Waals surface area contributed by atoms with E-state index in [9.17, 15) is 0 Å². The number of nitriles is 3. The first kappa shape index (κ1) is 12.5. The number of hydrogen-bond donors (Lipinski definition) is 0. The minimum Gasteiger partial charge on any atom is -0.273 e. The average Bonchev–Trinajstić information content (AvgIpc) is 2.53. The third-order valence-corrected chi connectivity index (χ3v) is 3.16. The summed E-state index contributed by atoms with van der Waals surface area (Å²) in [7, 11) is 0. The van der Waals surface area contributed by atoms with Gasteiger partial charge in [-0.25, -0.2) is 0 Å². The van der Waals surface area contributed by atoms with E-state index in [1.165, 1.54) is 0 Å². The Morgan fingerprint density at radius 3 is 2.12 bits per heavy atom. The maximum Gasteiger partial charge on any atom is 0.0877 e. The molecule has 4 nitrogen and oxygen atoms in total. The second-order valence-electron chi connectivity index (χ2n) is 4.16. The lowest BCUT2D eigenvalue weighted by Gasteiger charge is -2.29. The Bertz CT molecular complexity index is 314. The molecule has 0 heterocycles. The van der Waals surface area contributed by atoms with Crippen molar-refractivity contribution in [2.75, 3.05) is 13.1 Å². The molecule has 0 N–H and O–H groups in total. The van der Waals surface area contributed by atoms with Crippen molar-refractivity contribution in [1.29, 1.82) is 15.8 Å². The average molecular weight is 216 g/mol. The Hall–Kier alpha value is -1.57. The van der Waals surface area contributed by atoms with Gasteiger partial charge in [-0.2, -0.15) is 15.8 Å². The first-order valence-electron chi connectivity index (χ1n) is 5.71. The molecule has 2 unspecified atom stereocenters. The van der Waals surface area contributed by atoms with Crippen LogP contribution in [-0.4, -0.2) is 24.0 Å². The molecule has 16 heavy (non-hydrogen) atoms. The summed E-state index contributed by atoms with van der Waals surface area (Å²) < 4.78 is 0. The Morgan fingerprint density at radius 2 is 1.56 bits per heavy atom. The van der Waals surface area contributed by atoms with Crippen LogP contribution in [0.5, 0.6) is 0 Å². The van der Waals surface area contributed by atoms with Gasteiger partial charge >= 0.3 is 0 Å². The normalized spacial score (nSPS) is 25.1. The van der Waals surface area contributed by atoms with Gasteiger partial charge in [0.15, 0.2) is 0 Å². The van der Waals surface area contributed by atoms with Crippen molar-refractivity contribution in [2.45, 2.75) is 38.1 Å². The zero-order chi connectivity index (χ0) is 11.8. The highest BCUT2D eigenvalue weighted by Gasteiger charge is 2.28. The largest absolute Gasteiger partial charge is 0.273 e. The van der Waals surface area contributed by atoms with Crippen LogP contribution in [0.4, 0.5) is 0 Å². The van der Waals surface area contributed by atoms with Crippen LogP contribution >= 0.6 is 0 Å². The maximum absolute atomic E-state index is 9.13. The zero-order valence-electron chi connectivity index (χ0n) is 9.39. The fraction of sp³-hybridized carbons (Fsp3) is 0.750. The summed E-state index contributed by atoms with van der Waals surface area (Å²) in [6, 6.07) is 6.58. The van der Waals surface area contributed by atoms with Crippen molar-refractivity contribution in [3.05, 3.63) is 0 Å². The van der Waals surface area contributed by atoms with E-state index < -0.39 is 0 Å². The third-order valence-electron chi connectivity index (χ3n) is 3.16. The number of hydrogen-bond acceptors (Lipinski definition) is 4. The van der Waals surface area contributed by atoms with Crippen LogP contribution in [0.1, 0.15) is 32.1 Å². The van der Waals surface area contributed by atoms with Crippen LogP contribution in [-0.2, 0) is 0 Å². The Morgan fingerprint density at radius 1 is 0.938 bits per heavy atom. The van der Waals surface area contributed by atoms with E-state index in [2.05, 4.69) is 18.2 Å². The molecule has 0 aromatic carbocycles. The van der Waals surface area contributed by atoms with Crippen molar-refractivity contribution in [3.8, 4) is 18.2 Å². The van der Waals surface area contributed by atoms with E-state index in [1.54, 1.807) is 0 Å². The van der Waals surface area contributed by atoms with Crippen LogP contribution < -0.4 is 0 Å². The van der Waals surface area contributed by atoms with Gasteiger partial charge in [0.05, 0.1) is 37.2 Å². The van der Waals surface area contributed by atoms with Gasteiger partial charge in [0.1, 0.15) is 0 Å². The standard InChI is InChI=1S/C12H16N4/c13-6-8-16(9-7-14)12-5-3-1-2-4-11(12)10-15/h11-12H,1-5,8-9H2. The summed E-state index contributed by atoms with van der Waals surface area (Å²) in [5.41, 5.74) is 0.